The van der Waals surface area contributed by atoms with Crippen molar-refractivity contribution in [3.63, 3.8) is 0 Å². The first kappa shape index (κ1) is 17.1. The van der Waals surface area contributed by atoms with E-state index in [1.807, 2.05) is 41.0 Å². The number of hydrogen-bond donors (Lipinski definition) is 1. The Kier molecular flexibility index (Phi) is 3.98. The summed E-state index contributed by atoms with van der Waals surface area (Å²) < 4.78 is 7.78. The largest absolute Gasteiger partial charge is 0.431 e. The third-order valence-corrected chi connectivity index (χ3v) is 5.04. The molecule has 0 aliphatic rings. The minimum atomic E-state index is 0.498. The summed E-state index contributed by atoms with van der Waals surface area (Å²) in [6.07, 6.45) is 4.70. The first-order chi connectivity index (χ1) is 13.6. The highest BCUT2D eigenvalue weighted by atomic mass is 35.5. The minimum Gasteiger partial charge on any atom is -0.431 e. The van der Waals surface area contributed by atoms with Crippen molar-refractivity contribution < 1.29 is 4.42 Å². The molecule has 0 atom stereocenters. The number of benzene rings is 2. The Hall–Kier alpha value is -3.05. The molecule has 0 unspecified atom stereocenters. The van der Waals surface area contributed by atoms with Gasteiger partial charge in [-0.3, -0.25) is 4.57 Å². The van der Waals surface area contributed by atoms with Crippen molar-refractivity contribution in [1.82, 2.24) is 19.5 Å². The highest BCUT2D eigenvalue weighted by Gasteiger charge is 2.17. The average Bonchev–Trinajstić information content (AvgIpc) is 3.37. The normalized spacial score (nSPS) is 11.9. The van der Waals surface area contributed by atoms with Crippen LogP contribution in [0.25, 0.3) is 39.5 Å². The number of imidazole rings is 1. The van der Waals surface area contributed by atoms with Gasteiger partial charge in [0.15, 0.2) is 5.82 Å². The van der Waals surface area contributed by atoms with Crippen LogP contribution >= 0.6 is 11.6 Å². The van der Waals surface area contributed by atoms with Crippen molar-refractivity contribution in [2.75, 3.05) is 0 Å². The summed E-state index contributed by atoms with van der Waals surface area (Å²) in [6.45, 7) is 4.42. The number of nitrogens with one attached hydrogen (secondary N) is 1. The Bertz CT molecular complexity index is 1260. The number of aromatic amines is 1. The van der Waals surface area contributed by atoms with Crippen molar-refractivity contribution in [1.29, 1.82) is 0 Å². The predicted octanol–water partition coefficient (Wildman–Crippen LogP) is 6.01. The van der Waals surface area contributed by atoms with Crippen molar-refractivity contribution >= 4 is 33.5 Å². The van der Waals surface area contributed by atoms with Crippen molar-refractivity contribution in [2.24, 2.45) is 5.92 Å². The molecule has 28 heavy (non-hydrogen) atoms. The van der Waals surface area contributed by atoms with E-state index in [9.17, 15) is 0 Å². The Labute approximate surface area is 167 Å². The van der Waals surface area contributed by atoms with E-state index in [0.29, 0.717) is 28.5 Å². The zero-order valence-electron chi connectivity index (χ0n) is 15.6. The maximum absolute atomic E-state index is 6.26. The molecule has 0 bridgehead atoms. The van der Waals surface area contributed by atoms with Gasteiger partial charge in [0, 0.05) is 16.6 Å². The number of para-hydroxylation sites is 2. The minimum absolute atomic E-state index is 0.498. The lowest BCUT2D eigenvalue weighted by atomic mass is 10.0. The van der Waals surface area contributed by atoms with Gasteiger partial charge in [0.25, 0.3) is 0 Å². The molecular weight excluding hydrogens is 372 g/mol. The summed E-state index contributed by atoms with van der Waals surface area (Å²) in [5.41, 5.74) is 4.78. The zero-order chi connectivity index (χ0) is 19.3. The molecule has 5 aromatic rings. The van der Waals surface area contributed by atoms with E-state index in [1.54, 1.807) is 6.26 Å². The van der Waals surface area contributed by atoms with Gasteiger partial charge in [-0.25, -0.2) is 4.98 Å². The van der Waals surface area contributed by atoms with Crippen LogP contribution in [0, 0.1) is 5.92 Å². The number of halogens is 1. The number of rotatable bonds is 4. The number of hydrogen-bond acceptors (Lipinski definition) is 3. The van der Waals surface area contributed by atoms with Crippen LogP contribution in [0.4, 0.5) is 0 Å². The van der Waals surface area contributed by atoms with E-state index >= 15 is 0 Å². The van der Waals surface area contributed by atoms with Crippen LogP contribution in [0.2, 0.25) is 5.02 Å². The van der Waals surface area contributed by atoms with E-state index in [-0.39, 0.29) is 0 Å². The van der Waals surface area contributed by atoms with Gasteiger partial charge < -0.3 is 9.40 Å². The van der Waals surface area contributed by atoms with Gasteiger partial charge in [-0.1, -0.05) is 43.6 Å². The molecule has 2 aromatic carbocycles. The third-order valence-electron chi connectivity index (χ3n) is 4.81. The quantitative estimate of drug-likeness (QED) is 0.408. The van der Waals surface area contributed by atoms with Crippen molar-refractivity contribution in [3.8, 4) is 17.5 Å². The van der Waals surface area contributed by atoms with E-state index < -0.39 is 0 Å². The second kappa shape index (κ2) is 6.53. The van der Waals surface area contributed by atoms with Gasteiger partial charge in [-0.05, 0) is 42.2 Å². The third kappa shape index (κ3) is 2.88. The maximum atomic E-state index is 6.26. The molecule has 6 heteroatoms. The molecule has 0 aliphatic heterocycles. The molecule has 1 N–H and O–H groups in total. The molecule has 3 heterocycles. The first-order valence-electron chi connectivity index (χ1n) is 9.29. The number of nitrogens with zero attached hydrogens (tertiary/aromatic N) is 3. The van der Waals surface area contributed by atoms with E-state index in [0.717, 1.165) is 23.0 Å². The topological polar surface area (TPSA) is 59.6 Å². The fraction of sp³-hybridized carbons (Fsp3) is 0.182. The van der Waals surface area contributed by atoms with Gasteiger partial charge in [-0.15, -0.1) is 0 Å². The summed E-state index contributed by atoms with van der Waals surface area (Å²) >= 11 is 6.26. The molecule has 0 spiro atoms. The summed E-state index contributed by atoms with van der Waals surface area (Å²) in [5.74, 6) is 1.23. The Morgan fingerprint density at radius 3 is 2.82 bits per heavy atom. The van der Waals surface area contributed by atoms with E-state index in [1.165, 1.54) is 10.9 Å². The average molecular weight is 391 g/mol. The second-order valence-electron chi connectivity index (χ2n) is 7.40. The Morgan fingerprint density at radius 2 is 2.00 bits per heavy atom. The lowest BCUT2D eigenvalue weighted by Crippen LogP contribution is -1.94. The molecule has 0 aliphatic carbocycles. The molecule has 0 radical (unpaired) electrons. The number of aromatic nitrogens is 4. The SMILES string of the molecule is CC(C)Cc1cn(-c2nc(-c3nc4ccccc4[nH]3)co2)c2cc(Cl)ccc12. The molecule has 0 amide bonds. The van der Waals surface area contributed by atoms with Gasteiger partial charge in [0.2, 0.25) is 0 Å². The monoisotopic (exact) mass is 390 g/mol. The summed E-state index contributed by atoms with van der Waals surface area (Å²) in [5, 5.41) is 1.86. The lowest BCUT2D eigenvalue weighted by molar-refractivity contribution is 0.531. The number of H-pyrrole nitrogens is 1. The molecule has 140 valence electrons. The molecule has 0 saturated heterocycles. The molecule has 3 aromatic heterocycles. The number of fused-ring (bicyclic) bond motifs is 2. The molecule has 0 saturated carbocycles. The smallest absolute Gasteiger partial charge is 0.306 e. The van der Waals surface area contributed by atoms with Gasteiger partial charge in [-0.2, -0.15) is 4.98 Å². The Morgan fingerprint density at radius 1 is 1.14 bits per heavy atom. The molecular formula is C22H19ClN4O. The zero-order valence-corrected chi connectivity index (χ0v) is 16.4. The van der Waals surface area contributed by atoms with Gasteiger partial charge >= 0.3 is 6.01 Å². The highest BCUT2D eigenvalue weighted by molar-refractivity contribution is 6.31. The van der Waals surface area contributed by atoms with Crippen LogP contribution < -0.4 is 0 Å². The van der Waals surface area contributed by atoms with Crippen LogP contribution in [-0.4, -0.2) is 19.5 Å². The number of oxazole rings is 1. The maximum Gasteiger partial charge on any atom is 0.306 e. The van der Waals surface area contributed by atoms with Crippen LogP contribution in [0.3, 0.4) is 0 Å². The fourth-order valence-corrected chi connectivity index (χ4v) is 3.76. The standard InChI is InChI=1S/C22H19ClN4O/c1-13(2)9-14-11-27(20-10-15(23)7-8-16(14)20)22-26-19(12-28-22)21-24-17-5-3-4-6-18(17)25-21/h3-8,10-13H,9H2,1-2H3,(H,24,25). The highest BCUT2D eigenvalue weighted by Crippen LogP contribution is 2.30. The van der Waals surface area contributed by atoms with Crippen LogP contribution in [0.5, 0.6) is 0 Å². The van der Waals surface area contributed by atoms with Crippen LogP contribution in [0.1, 0.15) is 19.4 Å². The predicted molar refractivity (Wildman–Crippen MR) is 112 cm³/mol. The molecule has 5 nitrogen and oxygen atoms in total. The van der Waals surface area contributed by atoms with Crippen LogP contribution in [-0.2, 0) is 6.42 Å². The van der Waals surface area contributed by atoms with Gasteiger partial charge in [0.1, 0.15) is 12.0 Å². The lowest BCUT2D eigenvalue weighted by Gasteiger charge is -2.02. The van der Waals surface area contributed by atoms with Crippen molar-refractivity contribution in [2.45, 2.75) is 20.3 Å². The van der Waals surface area contributed by atoms with Gasteiger partial charge in [0.05, 0.1) is 16.6 Å². The summed E-state index contributed by atoms with van der Waals surface area (Å²) in [7, 11) is 0. The second-order valence-corrected chi connectivity index (χ2v) is 7.84. The van der Waals surface area contributed by atoms with Crippen LogP contribution in [0.15, 0.2) is 59.3 Å². The van der Waals surface area contributed by atoms with E-state index in [2.05, 4.69) is 41.1 Å². The van der Waals surface area contributed by atoms with E-state index in [4.69, 9.17) is 16.0 Å². The fourth-order valence-electron chi connectivity index (χ4n) is 3.59. The molecule has 0 fully saturated rings. The summed E-state index contributed by atoms with van der Waals surface area (Å²) in [4.78, 5) is 12.6. The first-order valence-corrected chi connectivity index (χ1v) is 9.67. The molecule has 5 rings (SSSR count). The Balaban J connectivity index is 1.62. The summed E-state index contributed by atoms with van der Waals surface area (Å²) in [6, 6.07) is 14.3. The van der Waals surface area contributed by atoms with Crippen molar-refractivity contribution in [3.05, 3.63) is 65.5 Å².